The fourth-order valence-electron chi connectivity index (χ4n) is 2.36. The van der Waals surface area contributed by atoms with Crippen LogP contribution in [0.4, 0.5) is 11.6 Å². The Morgan fingerprint density at radius 2 is 2.05 bits per heavy atom. The number of nitrogens with zero attached hydrogens (tertiary/aromatic N) is 4. The molecule has 4 rings (SSSR count). The summed E-state index contributed by atoms with van der Waals surface area (Å²) in [7, 11) is 1.90. The molecule has 21 heavy (non-hydrogen) atoms. The van der Waals surface area contributed by atoms with Gasteiger partial charge in [0.1, 0.15) is 17.4 Å². The normalized spacial score (nSPS) is 11.3. The molecule has 0 spiro atoms. The van der Waals surface area contributed by atoms with E-state index >= 15 is 0 Å². The third kappa shape index (κ3) is 1.84. The smallest absolute Gasteiger partial charge is 0.196 e. The molecule has 6 nitrogen and oxygen atoms in total. The number of nitrogens with one attached hydrogen (secondary N) is 1. The molecular formula is C15H13N5O. The van der Waals surface area contributed by atoms with Gasteiger partial charge in [-0.15, -0.1) is 0 Å². The maximum absolute atomic E-state index is 5.87. The van der Waals surface area contributed by atoms with Gasteiger partial charge in [0.05, 0.1) is 0 Å². The van der Waals surface area contributed by atoms with Gasteiger partial charge in [0.25, 0.3) is 0 Å². The third-order valence-corrected chi connectivity index (χ3v) is 3.52. The number of para-hydroxylation sites is 1. The van der Waals surface area contributed by atoms with Crippen molar-refractivity contribution in [3.05, 3.63) is 42.4 Å². The Morgan fingerprint density at radius 1 is 1.19 bits per heavy atom. The standard InChI is InChI=1S/C15H13N5O/c1-9-7-12(19-20(9)2)18-15-14-13(16-8-17-15)10-5-3-4-6-11(10)21-14/h3-8H,1-2H3,(H,16,17,18,19). The van der Waals surface area contributed by atoms with E-state index in [9.17, 15) is 0 Å². The van der Waals surface area contributed by atoms with Crippen LogP contribution in [0, 0.1) is 6.92 Å². The van der Waals surface area contributed by atoms with Crippen LogP contribution in [0.25, 0.3) is 22.1 Å². The fraction of sp³-hybridized carbons (Fsp3) is 0.133. The molecule has 4 aromatic rings. The molecule has 1 aromatic carbocycles. The topological polar surface area (TPSA) is 68.8 Å². The van der Waals surface area contributed by atoms with E-state index in [4.69, 9.17) is 4.42 Å². The lowest BCUT2D eigenvalue weighted by Crippen LogP contribution is -1.97. The molecule has 0 aliphatic heterocycles. The highest BCUT2D eigenvalue weighted by molar-refractivity contribution is 6.05. The summed E-state index contributed by atoms with van der Waals surface area (Å²) in [6.45, 7) is 1.99. The lowest BCUT2D eigenvalue weighted by molar-refractivity contribution is 0.667. The molecule has 1 N–H and O–H groups in total. The lowest BCUT2D eigenvalue weighted by Gasteiger charge is -2.01. The third-order valence-electron chi connectivity index (χ3n) is 3.52. The first kappa shape index (κ1) is 11.9. The number of benzene rings is 1. The van der Waals surface area contributed by atoms with Gasteiger partial charge in [-0.25, -0.2) is 9.97 Å². The van der Waals surface area contributed by atoms with E-state index in [0.717, 1.165) is 28.0 Å². The van der Waals surface area contributed by atoms with Crippen LogP contribution in [0.15, 0.2) is 41.1 Å². The van der Waals surface area contributed by atoms with Crippen molar-refractivity contribution in [1.82, 2.24) is 19.7 Å². The van der Waals surface area contributed by atoms with Gasteiger partial charge in [-0.2, -0.15) is 5.10 Å². The minimum Gasteiger partial charge on any atom is -0.450 e. The Hall–Kier alpha value is -2.89. The lowest BCUT2D eigenvalue weighted by atomic mass is 10.2. The maximum atomic E-state index is 5.87. The summed E-state index contributed by atoms with van der Waals surface area (Å²) in [5.74, 6) is 1.35. The van der Waals surface area contributed by atoms with Gasteiger partial charge in [0, 0.05) is 24.2 Å². The molecule has 3 aromatic heterocycles. The predicted octanol–water partition coefficient (Wildman–Crippen LogP) is 3.16. The summed E-state index contributed by atoms with van der Waals surface area (Å²) in [4.78, 5) is 8.60. The Labute approximate surface area is 120 Å². The molecule has 0 amide bonds. The molecule has 0 fully saturated rings. The fourth-order valence-corrected chi connectivity index (χ4v) is 2.36. The van der Waals surface area contributed by atoms with Gasteiger partial charge in [0.2, 0.25) is 0 Å². The summed E-state index contributed by atoms with van der Waals surface area (Å²) in [5.41, 5.74) is 3.30. The van der Waals surface area contributed by atoms with E-state index < -0.39 is 0 Å². The highest BCUT2D eigenvalue weighted by Gasteiger charge is 2.13. The number of rotatable bonds is 2. The van der Waals surface area contributed by atoms with Crippen LogP contribution >= 0.6 is 0 Å². The first-order valence-corrected chi connectivity index (χ1v) is 6.62. The van der Waals surface area contributed by atoms with Gasteiger partial charge in [-0.3, -0.25) is 4.68 Å². The minimum atomic E-state index is 0.620. The molecule has 104 valence electrons. The van der Waals surface area contributed by atoms with Crippen molar-refractivity contribution in [2.75, 3.05) is 5.32 Å². The number of aromatic nitrogens is 4. The highest BCUT2D eigenvalue weighted by atomic mass is 16.3. The average Bonchev–Trinajstić information content (AvgIpc) is 3.01. The molecule has 0 radical (unpaired) electrons. The summed E-state index contributed by atoms with van der Waals surface area (Å²) < 4.78 is 7.68. The van der Waals surface area contributed by atoms with Crippen LogP contribution in [0.5, 0.6) is 0 Å². The molecule has 0 aliphatic carbocycles. The van der Waals surface area contributed by atoms with E-state index in [-0.39, 0.29) is 0 Å². The second kappa shape index (κ2) is 4.31. The van der Waals surface area contributed by atoms with Crippen LogP contribution in [0.2, 0.25) is 0 Å². The Morgan fingerprint density at radius 3 is 2.86 bits per heavy atom. The molecule has 0 atom stereocenters. The van der Waals surface area contributed by atoms with E-state index in [1.54, 1.807) is 4.68 Å². The maximum Gasteiger partial charge on any atom is 0.196 e. The zero-order valence-electron chi connectivity index (χ0n) is 11.7. The van der Waals surface area contributed by atoms with Crippen molar-refractivity contribution in [1.29, 1.82) is 0 Å². The molecule has 0 saturated heterocycles. The Bertz CT molecular complexity index is 934. The summed E-state index contributed by atoms with van der Waals surface area (Å²) >= 11 is 0. The monoisotopic (exact) mass is 279 g/mol. The van der Waals surface area contributed by atoms with Gasteiger partial charge in [-0.05, 0) is 19.1 Å². The van der Waals surface area contributed by atoms with Crippen molar-refractivity contribution < 1.29 is 4.42 Å². The highest BCUT2D eigenvalue weighted by Crippen LogP contribution is 2.31. The zero-order chi connectivity index (χ0) is 14.4. The van der Waals surface area contributed by atoms with Crippen molar-refractivity contribution in [2.45, 2.75) is 6.92 Å². The molecule has 3 heterocycles. The quantitative estimate of drug-likeness (QED) is 0.610. The minimum absolute atomic E-state index is 0.620. The number of hydrogen-bond donors (Lipinski definition) is 1. The SMILES string of the molecule is Cc1cc(Nc2ncnc3c2oc2ccccc23)nn1C. The van der Waals surface area contributed by atoms with E-state index in [1.807, 2.05) is 44.3 Å². The number of fused-ring (bicyclic) bond motifs is 3. The van der Waals surface area contributed by atoms with Crippen molar-refractivity contribution >= 4 is 33.7 Å². The first-order chi connectivity index (χ1) is 10.2. The average molecular weight is 279 g/mol. The molecule has 0 saturated carbocycles. The predicted molar refractivity (Wildman–Crippen MR) is 80.5 cm³/mol. The van der Waals surface area contributed by atoms with Crippen LogP contribution < -0.4 is 5.32 Å². The zero-order valence-corrected chi connectivity index (χ0v) is 11.7. The first-order valence-electron chi connectivity index (χ1n) is 6.62. The molecular weight excluding hydrogens is 266 g/mol. The Balaban J connectivity index is 1.88. The van der Waals surface area contributed by atoms with Crippen LogP contribution in [0.1, 0.15) is 5.69 Å². The largest absolute Gasteiger partial charge is 0.450 e. The van der Waals surface area contributed by atoms with E-state index in [1.165, 1.54) is 6.33 Å². The van der Waals surface area contributed by atoms with Crippen molar-refractivity contribution in [2.24, 2.45) is 7.05 Å². The van der Waals surface area contributed by atoms with Gasteiger partial charge >= 0.3 is 0 Å². The second-order valence-electron chi connectivity index (χ2n) is 4.92. The Kier molecular flexibility index (Phi) is 2.44. The number of furan rings is 1. The van der Waals surface area contributed by atoms with Gasteiger partial charge in [-0.1, -0.05) is 12.1 Å². The van der Waals surface area contributed by atoms with E-state index in [0.29, 0.717) is 11.4 Å². The number of anilines is 2. The molecule has 0 bridgehead atoms. The van der Waals surface area contributed by atoms with Crippen LogP contribution in [-0.4, -0.2) is 19.7 Å². The number of aryl methyl sites for hydroxylation is 2. The van der Waals surface area contributed by atoms with Gasteiger partial charge < -0.3 is 9.73 Å². The number of hydrogen-bond acceptors (Lipinski definition) is 5. The second-order valence-corrected chi connectivity index (χ2v) is 4.92. The van der Waals surface area contributed by atoms with E-state index in [2.05, 4.69) is 20.4 Å². The van der Waals surface area contributed by atoms with Crippen molar-refractivity contribution in [3.8, 4) is 0 Å². The van der Waals surface area contributed by atoms with Crippen molar-refractivity contribution in [3.63, 3.8) is 0 Å². The molecule has 0 aliphatic rings. The van der Waals surface area contributed by atoms with Crippen LogP contribution in [-0.2, 0) is 7.05 Å². The van der Waals surface area contributed by atoms with Gasteiger partial charge in [0.15, 0.2) is 17.2 Å². The molecule has 6 heteroatoms. The summed E-state index contributed by atoms with van der Waals surface area (Å²) in [5, 5.41) is 8.54. The molecule has 0 unspecified atom stereocenters. The summed E-state index contributed by atoms with van der Waals surface area (Å²) in [6, 6.07) is 9.77. The van der Waals surface area contributed by atoms with Crippen LogP contribution in [0.3, 0.4) is 0 Å². The summed E-state index contributed by atoms with van der Waals surface area (Å²) in [6.07, 6.45) is 1.53.